The van der Waals surface area contributed by atoms with Crippen molar-refractivity contribution in [1.29, 1.82) is 0 Å². The number of carbonyl (C=O) groups is 1. The summed E-state index contributed by atoms with van der Waals surface area (Å²) in [5, 5.41) is 6.65. The number of hydrogen-bond donors (Lipinski definition) is 0. The smallest absolute Gasteiger partial charge is 0.256 e. The molecule has 7 heteroatoms. The number of nitrogens with zero attached hydrogens (tertiary/aromatic N) is 3. The number of halogens is 2. The van der Waals surface area contributed by atoms with Crippen LogP contribution in [-0.2, 0) is 6.54 Å². The quantitative estimate of drug-likeness (QED) is 0.457. The summed E-state index contributed by atoms with van der Waals surface area (Å²) in [6.07, 6.45) is 1.86. The molecule has 4 nitrogen and oxygen atoms in total. The highest BCUT2D eigenvalue weighted by Gasteiger charge is 2.21. The second-order valence-electron chi connectivity index (χ2n) is 6.55. The number of para-hydroxylation sites is 1. The normalized spacial score (nSPS) is 10.9. The minimum atomic E-state index is -0.748. The summed E-state index contributed by atoms with van der Waals surface area (Å²) in [5.74, 6) is -1.99. The summed E-state index contributed by atoms with van der Waals surface area (Å²) in [6, 6.07) is 16.4. The average Bonchev–Trinajstić information content (AvgIpc) is 3.40. The van der Waals surface area contributed by atoms with Gasteiger partial charge in [-0.3, -0.25) is 4.79 Å². The second-order valence-corrected chi connectivity index (χ2v) is 7.49. The fraction of sp³-hybridized carbons (Fsp3) is 0.0909. The lowest BCUT2D eigenvalue weighted by atomic mass is 10.1. The fourth-order valence-electron chi connectivity index (χ4n) is 3.05. The van der Waals surface area contributed by atoms with Crippen LogP contribution in [0.1, 0.15) is 15.9 Å². The van der Waals surface area contributed by atoms with Crippen molar-refractivity contribution in [2.45, 2.75) is 6.54 Å². The Morgan fingerprint density at radius 1 is 1.10 bits per heavy atom. The first-order valence-electron chi connectivity index (χ1n) is 8.91. The third-order valence-corrected chi connectivity index (χ3v) is 5.35. The van der Waals surface area contributed by atoms with Crippen LogP contribution in [0.3, 0.4) is 0 Å². The molecule has 0 atom stereocenters. The third-order valence-electron chi connectivity index (χ3n) is 4.48. The number of benzene rings is 2. The molecule has 0 spiro atoms. The van der Waals surface area contributed by atoms with Gasteiger partial charge in [-0.15, -0.1) is 11.3 Å². The lowest BCUT2D eigenvalue weighted by Crippen LogP contribution is -2.27. The molecule has 0 aliphatic heterocycles. The van der Waals surface area contributed by atoms with E-state index in [9.17, 15) is 13.6 Å². The van der Waals surface area contributed by atoms with Gasteiger partial charge in [0.1, 0.15) is 17.3 Å². The molecule has 2 aromatic heterocycles. The van der Waals surface area contributed by atoms with Gasteiger partial charge >= 0.3 is 0 Å². The predicted octanol–water partition coefficient (Wildman–Crippen LogP) is 5.15. The van der Waals surface area contributed by atoms with Crippen LogP contribution in [0.2, 0.25) is 0 Å². The molecule has 0 aliphatic carbocycles. The third kappa shape index (κ3) is 3.95. The Balaban J connectivity index is 1.68. The van der Waals surface area contributed by atoms with Crippen molar-refractivity contribution in [1.82, 2.24) is 14.7 Å². The Hall–Kier alpha value is -3.32. The zero-order chi connectivity index (χ0) is 20.4. The maximum atomic E-state index is 14.0. The van der Waals surface area contributed by atoms with Gasteiger partial charge < -0.3 is 4.90 Å². The van der Waals surface area contributed by atoms with Gasteiger partial charge in [0, 0.05) is 25.4 Å². The summed E-state index contributed by atoms with van der Waals surface area (Å²) in [5.41, 5.74) is 2.16. The number of thiophene rings is 1. The monoisotopic (exact) mass is 409 g/mol. The van der Waals surface area contributed by atoms with Crippen molar-refractivity contribution in [3.05, 3.63) is 95.0 Å². The van der Waals surface area contributed by atoms with E-state index in [4.69, 9.17) is 5.10 Å². The molecule has 0 radical (unpaired) electrons. The molecule has 0 saturated carbocycles. The lowest BCUT2D eigenvalue weighted by molar-refractivity contribution is 0.0780. The van der Waals surface area contributed by atoms with Crippen LogP contribution in [0, 0.1) is 11.6 Å². The van der Waals surface area contributed by atoms with Crippen molar-refractivity contribution in [2.75, 3.05) is 7.05 Å². The van der Waals surface area contributed by atoms with Gasteiger partial charge in [0.15, 0.2) is 0 Å². The van der Waals surface area contributed by atoms with E-state index in [0.29, 0.717) is 0 Å². The van der Waals surface area contributed by atoms with E-state index < -0.39 is 17.5 Å². The molecule has 4 aromatic rings. The maximum Gasteiger partial charge on any atom is 0.256 e. The highest BCUT2D eigenvalue weighted by molar-refractivity contribution is 7.13. The Morgan fingerprint density at radius 3 is 2.62 bits per heavy atom. The summed E-state index contributed by atoms with van der Waals surface area (Å²) < 4.78 is 29.3. The van der Waals surface area contributed by atoms with Gasteiger partial charge in [-0.05, 0) is 41.8 Å². The predicted molar refractivity (Wildman–Crippen MR) is 109 cm³/mol. The van der Waals surface area contributed by atoms with Crippen molar-refractivity contribution in [2.24, 2.45) is 0 Å². The van der Waals surface area contributed by atoms with Gasteiger partial charge in [0.2, 0.25) is 0 Å². The summed E-state index contributed by atoms with van der Waals surface area (Å²) in [4.78, 5) is 15.0. The molecule has 2 aromatic carbocycles. The number of hydrogen-bond acceptors (Lipinski definition) is 3. The molecule has 29 heavy (non-hydrogen) atoms. The largest absolute Gasteiger partial charge is 0.337 e. The number of aromatic nitrogens is 2. The zero-order valence-electron chi connectivity index (χ0n) is 15.5. The molecule has 2 heterocycles. The molecule has 1 amide bonds. The molecule has 0 N–H and O–H groups in total. The molecule has 0 bridgehead atoms. The first-order valence-corrected chi connectivity index (χ1v) is 9.79. The number of rotatable bonds is 5. The van der Waals surface area contributed by atoms with Gasteiger partial charge in [-0.2, -0.15) is 5.10 Å². The molecule has 146 valence electrons. The summed E-state index contributed by atoms with van der Waals surface area (Å²) in [6.45, 7) is 0.203. The van der Waals surface area contributed by atoms with Crippen molar-refractivity contribution < 1.29 is 13.6 Å². The van der Waals surface area contributed by atoms with Crippen LogP contribution in [0.4, 0.5) is 8.78 Å². The van der Waals surface area contributed by atoms with E-state index >= 15 is 0 Å². The highest BCUT2D eigenvalue weighted by atomic mass is 32.1. The minimum Gasteiger partial charge on any atom is -0.337 e. The molecular formula is C22H17F2N3OS. The van der Waals surface area contributed by atoms with Crippen LogP contribution >= 0.6 is 11.3 Å². The van der Waals surface area contributed by atoms with Gasteiger partial charge in [-0.1, -0.05) is 24.3 Å². The van der Waals surface area contributed by atoms with Crippen LogP contribution in [0.5, 0.6) is 0 Å². The van der Waals surface area contributed by atoms with E-state index in [1.165, 1.54) is 4.90 Å². The van der Waals surface area contributed by atoms with Gasteiger partial charge in [0.05, 0.1) is 16.1 Å². The van der Waals surface area contributed by atoms with Crippen molar-refractivity contribution >= 4 is 17.2 Å². The highest BCUT2D eigenvalue weighted by Crippen LogP contribution is 2.29. The van der Waals surface area contributed by atoms with Gasteiger partial charge in [0.25, 0.3) is 5.91 Å². The lowest BCUT2D eigenvalue weighted by Gasteiger charge is -2.17. The first kappa shape index (κ1) is 19.0. The Kier molecular flexibility index (Phi) is 5.22. The Labute approximate surface area is 170 Å². The van der Waals surface area contributed by atoms with E-state index in [0.717, 1.165) is 40.0 Å². The van der Waals surface area contributed by atoms with E-state index in [1.54, 1.807) is 23.1 Å². The van der Waals surface area contributed by atoms with Gasteiger partial charge in [-0.25, -0.2) is 13.5 Å². The Bertz CT molecular complexity index is 1140. The summed E-state index contributed by atoms with van der Waals surface area (Å²) >= 11 is 1.55. The van der Waals surface area contributed by atoms with Crippen LogP contribution in [0.25, 0.3) is 16.3 Å². The van der Waals surface area contributed by atoms with Crippen molar-refractivity contribution in [3.8, 4) is 16.3 Å². The van der Waals surface area contributed by atoms with Crippen LogP contribution in [-0.4, -0.2) is 27.6 Å². The maximum absolute atomic E-state index is 14.0. The van der Waals surface area contributed by atoms with E-state index in [1.807, 2.05) is 54.0 Å². The number of carbonyl (C=O) groups excluding carboxylic acids is 1. The molecule has 4 rings (SSSR count). The Morgan fingerprint density at radius 2 is 1.90 bits per heavy atom. The topological polar surface area (TPSA) is 38.1 Å². The molecule has 0 aliphatic rings. The average molecular weight is 409 g/mol. The number of amides is 1. The minimum absolute atomic E-state index is 0.203. The van der Waals surface area contributed by atoms with Crippen LogP contribution in [0.15, 0.2) is 72.2 Å². The molecule has 0 unspecified atom stereocenters. The summed E-state index contributed by atoms with van der Waals surface area (Å²) in [7, 11) is 1.56. The standard InChI is InChI=1S/C22H17F2N3OS/c1-26(22(28)18-12-16(23)9-10-19(18)24)13-15-14-27(17-6-3-2-4-7-17)25-21(15)20-8-5-11-29-20/h2-12,14H,13H2,1H3. The van der Waals surface area contributed by atoms with Crippen LogP contribution < -0.4 is 0 Å². The SMILES string of the molecule is CN(Cc1cn(-c2ccccc2)nc1-c1cccs1)C(=O)c1cc(F)ccc1F. The molecule has 0 saturated heterocycles. The van der Waals surface area contributed by atoms with Crippen molar-refractivity contribution in [3.63, 3.8) is 0 Å². The fourth-order valence-corrected chi connectivity index (χ4v) is 3.80. The van der Waals surface area contributed by atoms with E-state index in [-0.39, 0.29) is 12.1 Å². The molecule has 0 fully saturated rings. The zero-order valence-corrected chi connectivity index (χ0v) is 16.4. The first-order chi connectivity index (χ1) is 14.0. The van der Waals surface area contributed by atoms with E-state index in [2.05, 4.69) is 0 Å². The molecular weight excluding hydrogens is 392 g/mol. The second kappa shape index (κ2) is 7.97.